The Labute approximate surface area is 155 Å². The molecule has 0 unspecified atom stereocenters. The van der Waals surface area contributed by atoms with Crippen molar-refractivity contribution in [2.75, 3.05) is 36.5 Å². The first kappa shape index (κ1) is 18.4. The number of nitrogens with one attached hydrogen (secondary N) is 1. The quantitative estimate of drug-likeness (QED) is 0.866. The zero-order valence-electron chi connectivity index (χ0n) is 15.6. The van der Waals surface area contributed by atoms with Gasteiger partial charge in [0.05, 0.1) is 31.5 Å². The molecule has 1 aliphatic rings. The van der Waals surface area contributed by atoms with Crippen molar-refractivity contribution in [2.24, 2.45) is 5.92 Å². The number of rotatable bonds is 6. The van der Waals surface area contributed by atoms with Gasteiger partial charge in [-0.15, -0.1) is 0 Å². The molecule has 3 rings (SSSR count). The van der Waals surface area contributed by atoms with E-state index in [1.807, 2.05) is 30.5 Å². The lowest BCUT2D eigenvalue weighted by Crippen LogP contribution is -2.36. The Morgan fingerprint density at radius 3 is 2.42 bits per heavy atom. The number of anilines is 2. The summed E-state index contributed by atoms with van der Waals surface area (Å²) in [6, 6.07) is 12.1. The molecule has 1 N–H and O–H groups in total. The first-order chi connectivity index (χ1) is 12.6. The van der Waals surface area contributed by atoms with Gasteiger partial charge in [0, 0.05) is 13.1 Å². The summed E-state index contributed by atoms with van der Waals surface area (Å²) in [7, 11) is 0. The van der Waals surface area contributed by atoms with Gasteiger partial charge in [-0.3, -0.25) is 4.79 Å². The Morgan fingerprint density at radius 1 is 1.12 bits per heavy atom. The highest BCUT2D eigenvalue weighted by Gasteiger charge is 2.12. The minimum absolute atomic E-state index is 0.0479. The minimum Gasteiger partial charge on any atom is -0.378 e. The molecule has 2 heterocycles. The van der Waals surface area contributed by atoms with Crippen LogP contribution in [-0.2, 0) is 22.4 Å². The summed E-state index contributed by atoms with van der Waals surface area (Å²) in [5, 5.41) is 2.87. The van der Waals surface area contributed by atoms with E-state index in [4.69, 9.17) is 4.74 Å². The van der Waals surface area contributed by atoms with Gasteiger partial charge in [-0.25, -0.2) is 4.98 Å². The van der Waals surface area contributed by atoms with E-state index in [0.29, 0.717) is 18.2 Å². The van der Waals surface area contributed by atoms with E-state index >= 15 is 0 Å². The predicted octanol–water partition coefficient (Wildman–Crippen LogP) is 3.30. The zero-order chi connectivity index (χ0) is 18.4. The van der Waals surface area contributed by atoms with Gasteiger partial charge < -0.3 is 15.0 Å². The van der Waals surface area contributed by atoms with E-state index in [2.05, 4.69) is 41.2 Å². The molecule has 26 heavy (non-hydrogen) atoms. The Bertz CT molecular complexity index is 705. The third-order valence-corrected chi connectivity index (χ3v) is 4.42. The van der Waals surface area contributed by atoms with Crippen LogP contribution in [0.5, 0.6) is 0 Å². The first-order valence-corrected chi connectivity index (χ1v) is 9.26. The van der Waals surface area contributed by atoms with Crippen molar-refractivity contribution in [3.8, 4) is 0 Å². The predicted molar refractivity (Wildman–Crippen MR) is 105 cm³/mol. The summed E-state index contributed by atoms with van der Waals surface area (Å²) >= 11 is 0. The van der Waals surface area contributed by atoms with Gasteiger partial charge in [-0.2, -0.15) is 0 Å². The lowest BCUT2D eigenvalue weighted by atomic mass is 10.0. The van der Waals surface area contributed by atoms with E-state index in [-0.39, 0.29) is 5.91 Å². The standard InChI is InChI=1S/C21H27N3O2/c1-16(2)13-17-3-5-18(6-4-17)14-21(25)23-20-8-7-19(15-22-20)24-9-11-26-12-10-24/h3-8,15-16H,9-14H2,1-2H3,(H,22,23,25). The molecule has 1 fully saturated rings. The maximum atomic E-state index is 12.3. The maximum Gasteiger partial charge on any atom is 0.229 e. The van der Waals surface area contributed by atoms with Crippen molar-refractivity contribution < 1.29 is 9.53 Å². The van der Waals surface area contributed by atoms with Gasteiger partial charge in [-0.05, 0) is 35.6 Å². The number of carbonyl (C=O) groups is 1. The maximum absolute atomic E-state index is 12.3. The molecule has 2 aromatic rings. The van der Waals surface area contributed by atoms with Gasteiger partial charge in [0.1, 0.15) is 5.82 Å². The van der Waals surface area contributed by atoms with Crippen molar-refractivity contribution in [1.82, 2.24) is 4.98 Å². The fourth-order valence-corrected chi connectivity index (χ4v) is 3.11. The van der Waals surface area contributed by atoms with Gasteiger partial charge >= 0.3 is 0 Å². The molecule has 5 nitrogen and oxygen atoms in total. The number of hydrogen-bond acceptors (Lipinski definition) is 4. The van der Waals surface area contributed by atoms with Crippen LogP contribution in [0.4, 0.5) is 11.5 Å². The number of hydrogen-bond donors (Lipinski definition) is 1. The SMILES string of the molecule is CC(C)Cc1ccc(CC(=O)Nc2ccc(N3CCOCC3)cn2)cc1. The van der Waals surface area contributed by atoms with E-state index in [0.717, 1.165) is 44.0 Å². The van der Waals surface area contributed by atoms with Crippen LogP contribution >= 0.6 is 0 Å². The van der Waals surface area contributed by atoms with Crippen LogP contribution in [0, 0.1) is 5.92 Å². The molecule has 0 bridgehead atoms. The molecule has 0 radical (unpaired) electrons. The topological polar surface area (TPSA) is 54.5 Å². The molecule has 138 valence electrons. The number of carbonyl (C=O) groups excluding carboxylic acids is 1. The van der Waals surface area contributed by atoms with Gasteiger partial charge in [-0.1, -0.05) is 38.1 Å². The Hall–Kier alpha value is -2.40. The smallest absolute Gasteiger partial charge is 0.229 e. The third-order valence-electron chi connectivity index (χ3n) is 4.42. The summed E-state index contributed by atoms with van der Waals surface area (Å²) in [6.07, 6.45) is 3.22. The second kappa shape index (κ2) is 8.81. The molecule has 1 aromatic heterocycles. The number of ether oxygens (including phenoxy) is 1. The van der Waals surface area contributed by atoms with Crippen LogP contribution in [0.15, 0.2) is 42.6 Å². The van der Waals surface area contributed by atoms with Crippen molar-refractivity contribution >= 4 is 17.4 Å². The Kier molecular flexibility index (Phi) is 6.23. The molecule has 1 aromatic carbocycles. The Morgan fingerprint density at radius 2 is 1.81 bits per heavy atom. The normalized spacial score (nSPS) is 14.5. The monoisotopic (exact) mass is 353 g/mol. The van der Waals surface area contributed by atoms with E-state index in [9.17, 15) is 4.79 Å². The number of nitrogens with zero attached hydrogens (tertiary/aromatic N) is 2. The van der Waals surface area contributed by atoms with Crippen LogP contribution in [0.1, 0.15) is 25.0 Å². The van der Waals surface area contributed by atoms with E-state index in [1.54, 1.807) is 0 Å². The minimum atomic E-state index is -0.0479. The van der Waals surface area contributed by atoms with Crippen molar-refractivity contribution in [3.63, 3.8) is 0 Å². The molecular formula is C21H27N3O2. The van der Waals surface area contributed by atoms with Crippen LogP contribution in [-0.4, -0.2) is 37.2 Å². The fourth-order valence-electron chi connectivity index (χ4n) is 3.11. The molecule has 1 saturated heterocycles. The van der Waals surface area contributed by atoms with Gasteiger partial charge in [0.25, 0.3) is 0 Å². The second-order valence-corrected chi connectivity index (χ2v) is 7.14. The molecule has 0 atom stereocenters. The van der Waals surface area contributed by atoms with Crippen LogP contribution in [0.2, 0.25) is 0 Å². The van der Waals surface area contributed by atoms with Gasteiger partial charge in [0.2, 0.25) is 5.91 Å². The number of morpholine rings is 1. The average molecular weight is 353 g/mol. The highest BCUT2D eigenvalue weighted by molar-refractivity contribution is 5.91. The van der Waals surface area contributed by atoms with E-state index < -0.39 is 0 Å². The highest BCUT2D eigenvalue weighted by Crippen LogP contribution is 2.17. The third kappa shape index (κ3) is 5.30. The molecule has 0 aliphatic carbocycles. The average Bonchev–Trinajstić information content (AvgIpc) is 2.64. The van der Waals surface area contributed by atoms with Crippen LogP contribution < -0.4 is 10.2 Å². The lowest BCUT2D eigenvalue weighted by molar-refractivity contribution is -0.115. The van der Waals surface area contributed by atoms with Crippen molar-refractivity contribution in [2.45, 2.75) is 26.7 Å². The fraction of sp³-hybridized carbons (Fsp3) is 0.429. The molecular weight excluding hydrogens is 326 g/mol. The summed E-state index contributed by atoms with van der Waals surface area (Å²) in [4.78, 5) is 18.9. The highest BCUT2D eigenvalue weighted by atomic mass is 16.5. The second-order valence-electron chi connectivity index (χ2n) is 7.14. The number of pyridine rings is 1. The molecule has 0 spiro atoms. The number of amides is 1. The van der Waals surface area contributed by atoms with Crippen molar-refractivity contribution in [1.29, 1.82) is 0 Å². The molecule has 1 amide bonds. The first-order valence-electron chi connectivity index (χ1n) is 9.26. The summed E-state index contributed by atoms with van der Waals surface area (Å²) in [6.45, 7) is 7.65. The Balaban J connectivity index is 1.52. The molecule has 0 saturated carbocycles. The number of benzene rings is 1. The summed E-state index contributed by atoms with van der Waals surface area (Å²) < 4.78 is 5.36. The zero-order valence-corrected chi connectivity index (χ0v) is 15.6. The number of aromatic nitrogens is 1. The van der Waals surface area contributed by atoms with Gasteiger partial charge in [0.15, 0.2) is 0 Å². The van der Waals surface area contributed by atoms with Crippen LogP contribution in [0.25, 0.3) is 0 Å². The lowest BCUT2D eigenvalue weighted by Gasteiger charge is -2.28. The molecule has 1 aliphatic heterocycles. The van der Waals surface area contributed by atoms with Crippen LogP contribution in [0.3, 0.4) is 0 Å². The van der Waals surface area contributed by atoms with Crippen molar-refractivity contribution in [3.05, 3.63) is 53.7 Å². The summed E-state index contributed by atoms with van der Waals surface area (Å²) in [5.74, 6) is 1.17. The van der Waals surface area contributed by atoms with E-state index in [1.165, 1.54) is 5.56 Å². The largest absolute Gasteiger partial charge is 0.378 e. The summed E-state index contributed by atoms with van der Waals surface area (Å²) in [5.41, 5.74) is 3.39. The molecule has 5 heteroatoms.